The molecule has 1 aromatic rings. The zero-order chi connectivity index (χ0) is 12.3. The first-order valence-corrected chi connectivity index (χ1v) is 6.14. The first kappa shape index (κ1) is 12.1. The fourth-order valence-corrected chi connectivity index (χ4v) is 2.50. The van der Waals surface area contributed by atoms with Gasteiger partial charge in [-0.1, -0.05) is 24.3 Å². The molecule has 1 unspecified atom stereocenters. The average molecular weight is 233 g/mol. The second kappa shape index (κ2) is 5.32. The highest BCUT2D eigenvalue weighted by molar-refractivity contribution is 5.67. The van der Waals surface area contributed by atoms with E-state index in [-0.39, 0.29) is 0 Å². The molecule has 1 aliphatic rings. The predicted octanol–water partition coefficient (Wildman–Crippen LogP) is 2.29. The molecule has 0 spiro atoms. The number of aryl methyl sites for hydroxylation is 1. The Bertz CT molecular complexity index is 403. The normalized spacial score (nSPS) is 20.6. The van der Waals surface area contributed by atoms with E-state index in [9.17, 15) is 4.79 Å². The molecule has 3 nitrogen and oxygen atoms in total. The predicted molar refractivity (Wildman–Crippen MR) is 66.8 cm³/mol. The van der Waals surface area contributed by atoms with Crippen molar-refractivity contribution >= 4 is 5.97 Å². The maximum Gasteiger partial charge on any atom is 0.303 e. The molecular formula is C14H19NO2. The summed E-state index contributed by atoms with van der Waals surface area (Å²) in [4.78, 5) is 13.0. The van der Waals surface area contributed by atoms with Crippen molar-refractivity contribution in [2.75, 3.05) is 13.1 Å². The molecule has 17 heavy (non-hydrogen) atoms. The first-order chi connectivity index (χ1) is 8.15. The van der Waals surface area contributed by atoms with Gasteiger partial charge in [0.1, 0.15) is 0 Å². The minimum Gasteiger partial charge on any atom is -0.481 e. The number of carboxylic acid groups (broad SMARTS) is 1. The number of rotatable bonds is 4. The third-order valence-corrected chi connectivity index (χ3v) is 3.49. The van der Waals surface area contributed by atoms with Gasteiger partial charge in [-0.3, -0.25) is 9.69 Å². The lowest BCUT2D eigenvalue weighted by Gasteiger charge is -2.17. The van der Waals surface area contributed by atoms with E-state index in [0.29, 0.717) is 12.3 Å². The summed E-state index contributed by atoms with van der Waals surface area (Å²) in [5.41, 5.74) is 2.66. The van der Waals surface area contributed by atoms with Gasteiger partial charge >= 0.3 is 5.97 Å². The average Bonchev–Trinajstić information content (AvgIpc) is 2.68. The number of aliphatic carboxylic acids is 1. The van der Waals surface area contributed by atoms with Crippen LogP contribution in [-0.4, -0.2) is 29.1 Å². The van der Waals surface area contributed by atoms with Crippen LogP contribution in [0.2, 0.25) is 0 Å². The molecule has 3 heteroatoms. The highest BCUT2D eigenvalue weighted by Gasteiger charge is 2.24. The summed E-state index contributed by atoms with van der Waals surface area (Å²) in [7, 11) is 0. The number of carbonyl (C=O) groups is 1. The molecule has 0 aromatic heterocycles. The number of likely N-dealkylation sites (tertiary alicyclic amines) is 1. The molecule has 2 rings (SSSR count). The van der Waals surface area contributed by atoms with E-state index >= 15 is 0 Å². The summed E-state index contributed by atoms with van der Waals surface area (Å²) in [6, 6.07) is 8.39. The molecule has 1 heterocycles. The monoisotopic (exact) mass is 233 g/mol. The van der Waals surface area contributed by atoms with Crippen molar-refractivity contribution < 1.29 is 9.90 Å². The van der Waals surface area contributed by atoms with E-state index in [1.807, 2.05) is 0 Å². The van der Waals surface area contributed by atoms with E-state index in [4.69, 9.17) is 5.11 Å². The summed E-state index contributed by atoms with van der Waals surface area (Å²) in [6.07, 6.45) is 1.32. The summed E-state index contributed by atoms with van der Waals surface area (Å²) in [5.74, 6) is -0.343. The maximum absolute atomic E-state index is 10.7. The van der Waals surface area contributed by atoms with E-state index in [1.54, 1.807) is 0 Å². The van der Waals surface area contributed by atoms with Gasteiger partial charge in [0, 0.05) is 19.5 Å². The molecule has 0 aliphatic carbocycles. The van der Waals surface area contributed by atoms with Crippen molar-refractivity contribution in [3.8, 4) is 0 Å². The number of benzene rings is 1. The van der Waals surface area contributed by atoms with Crippen LogP contribution < -0.4 is 0 Å². The van der Waals surface area contributed by atoms with Crippen LogP contribution in [0.25, 0.3) is 0 Å². The number of hydrogen-bond acceptors (Lipinski definition) is 2. The Labute approximate surface area is 102 Å². The topological polar surface area (TPSA) is 40.5 Å². The van der Waals surface area contributed by atoms with Gasteiger partial charge in [0.2, 0.25) is 0 Å². The summed E-state index contributed by atoms with van der Waals surface area (Å²) < 4.78 is 0. The first-order valence-electron chi connectivity index (χ1n) is 6.14. The smallest absolute Gasteiger partial charge is 0.303 e. The van der Waals surface area contributed by atoms with Crippen molar-refractivity contribution in [3.63, 3.8) is 0 Å². The van der Waals surface area contributed by atoms with Gasteiger partial charge in [-0.2, -0.15) is 0 Å². The van der Waals surface area contributed by atoms with Crippen LogP contribution in [0.4, 0.5) is 0 Å². The molecule has 1 N–H and O–H groups in total. The largest absolute Gasteiger partial charge is 0.481 e. The van der Waals surface area contributed by atoms with Crippen molar-refractivity contribution in [3.05, 3.63) is 35.4 Å². The maximum atomic E-state index is 10.7. The lowest BCUT2D eigenvalue weighted by Crippen LogP contribution is -2.21. The van der Waals surface area contributed by atoms with E-state index in [0.717, 1.165) is 26.1 Å². The summed E-state index contributed by atoms with van der Waals surface area (Å²) in [5, 5.41) is 8.78. The quantitative estimate of drug-likeness (QED) is 0.867. The van der Waals surface area contributed by atoms with Gasteiger partial charge in [-0.15, -0.1) is 0 Å². The molecular weight excluding hydrogens is 214 g/mol. The van der Waals surface area contributed by atoms with Crippen LogP contribution in [0.3, 0.4) is 0 Å². The van der Waals surface area contributed by atoms with Crippen LogP contribution in [0.1, 0.15) is 24.0 Å². The second-order valence-corrected chi connectivity index (χ2v) is 4.91. The van der Waals surface area contributed by atoms with Gasteiger partial charge in [-0.05, 0) is 36.9 Å². The van der Waals surface area contributed by atoms with Crippen LogP contribution >= 0.6 is 0 Å². The SMILES string of the molecule is Cc1ccccc1CN1CCC(CC(=O)O)C1. The number of hydrogen-bond donors (Lipinski definition) is 1. The Morgan fingerprint density at radius 1 is 1.47 bits per heavy atom. The molecule has 1 atom stereocenters. The summed E-state index contributed by atoms with van der Waals surface area (Å²) >= 11 is 0. The van der Waals surface area contributed by atoms with Gasteiger partial charge in [0.15, 0.2) is 0 Å². The fourth-order valence-electron chi connectivity index (χ4n) is 2.50. The number of nitrogens with zero attached hydrogens (tertiary/aromatic N) is 1. The van der Waals surface area contributed by atoms with Gasteiger partial charge < -0.3 is 5.11 Å². The Balaban J connectivity index is 1.90. The summed E-state index contributed by atoms with van der Waals surface area (Å²) in [6.45, 7) is 5.01. The third kappa shape index (κ3) is 3.30. The third-order valence-electron chi connectivity index (χ3n) is 3.49. The molecule has 0 radical (unpaired) electrons. The molecule has 1 aliphatic heterocycles. The van der Waals surface area contributed by atoms with E-state index in [1.165, 1.54) is 11.1 Å². The van der Waals surface area contributed by atoms with Crippen molar-refractivity contribution in [1.82, 2.24) is 4.90 Å². The van der Waals surface area contributed by atoms with E-state index < -0.39 is 5.97 Å². The zero-order valence-electron chi connectivity index (χ0n) is 10.2. The zero-order valence-corrected chi connectivity index (χ0v) is 10.2. The van der Waals surface area contributed by atoms with Crippen LogP contribution in [0.15, 0.2) is 24.3 Å². The lowest BCUT2D eigenvalue weighted by atomic mass is 10.1. The van der Waals surface area contributed by atoms with Crippen molar-refractivity contribution in [2.45, 2.75) is 26.3 Å². The molecule has 0 bridgehead atoms. The van der Waals surface area contributed by atoms with Crippen LogP contribution in [0, 0.1) is 12.8 Å². The number of carboxylic acids is 1. The minimum atomic E-state index is -0.673. The fraction of sp³-hybridized carbons (Fsp3) is 0.500. The van der Waals surface area contributed by atoms with E-state index in [2.05, 4.69) is 36.1 Å². The molecule has 1 aromatic carbocycles. The second-order valence-electron chi connectivity index (χ2n) is 4.91. The van der Waals surface area contributed by atoms with Crippen molar-refractivity contribution in [2.24, 2.45) is 5.92 Å². The van der Waals surface area contributed by atoms with Gasteiger partial charge in [-0.25, -0.2) is 0 Å². The Morgan fingerprint density at radius 3 is 2.94 bits per heavy atom. The molecule has 1 saturated heterocycles. The lowest BCUT2D eigenvalue weighted by molar-refractivity contribution is -0.138. The van der Waals surface area contributed by atoms with Crippen LogP contribution in [0.5, 0.6) is 0 Å². The Morgan fingerprint density at radius 2 is 2.24 bits per heavy atom. The Hall–Kier alpha value is -1.35. The molecule has 0 saturated carbocycles. The Kier molecular flexibility index (Phi) is 3.79. The molecule has 0 amide bonds. The van der Waals surface area contributed by atoms with Crippen LogP contribution in [-0.2, 0) is 11.3 Å². The van der Waals surface area contributed by atoms with Gasteiger partial charge in [0.05, 0.1) is 0 Å². The minimum absolute atomic E-state index is 0.310. The van der Waals surface area contributed by atoms with Crippen molar-refractivity contribution in [1.29, 1.82) is 0 Å². The molecule has 1 fully saturated rings. The highest BCUT2D eigenvalue weighted by atomic mass is 16.4. The highest BCUT2D eigenvalue weighted by Crippen LogP contribution is 2.22. The standard InChI is InChI=1S/C14H19NO2/c1-11-4-2-3-5-13(11)10-15-7-6-12(9-15)8-14(16)17/h2-5,12H,6-10H2,1H3,(H,16,17). The molecule has 92 valence electrons. The van der Waals surface area contributed by atoms with Gasteiger partial charge in [0.25, 0.3) is 0 Å².